The minimum atomic E-state index is 0. The Labute approximate surface area is 314 Å². The van der Waals surface area contributed by atoms with Gasteiger partial charge in [0.2, 0.25) is 0 Å². The van der Waals surface area contributed by atoms with Crippen molar-refractivity contribution >= 4 is 22.1 Å². The highest BCUT2D eigenvalue weighted by molar-refractivity contribution is 5.84. The fourth-order valence-electron chi connectivity index (χ4n) is 7.54. The van der Waals surface area contributed by atoms with Crippen molar-refractivity contribution in [2.45, 2.75) is 86.0 Å². The van der Waals surface area contributed by atoms with Crippen molar-refractivity contribution in [1.29, 1.82) is 10.5 Å². The second kappa shape index (κ2) is 15.0. The number of nitrogens with zero attached hydrogens (tertiary/aromatic N) is 8. The molecule has 53 heavy (non-hydrogen) atoms. The van der Waals surface area contributed by atoms with Crippen molar-refractivity contribution in [3.63, 3.8) is 0 Å². The summed E-state index contributed by atoms with van der Waals surface area (Å²) in [5.41, 5.74) is 10.9. The molecule has 8 heteroatoms. The Hall–Kier alpha value is -5.28. The van der Waals surface area contributed by atoms with Gasteiger partial charge in [-0.05, 0) is 112 Å². The van der Waals surface area contributed by atoms with Crippen molar-refractivity contribution in [3.05, 3.63) is 108 Å². The third-order valence-corrected chi connectivity index (χ3v) is 10.6. The molecule has 4 heterocycles. The van der Waals surface area contributed by atoms with Gasteiger partial charge in [-0.3, -0.25) is 9.80 Å². The fraction of sp³-hybridized carbons (Fsp3) is 0.378. The summed E-state index contributed by atoms with van der Waals surface area (Å²) in [5, 5.41) is 17.9. The summed E-state index contributed by atoms with van der Waals surface area (Å²) < 4.78 is 4.76. The van der Waals surface area contributed by atoms with E-state index in [0.717, 1.165) is 79.8 Å². The predicted octanol–water partition coefficient (Wildman–Crippen LogP) is 9.10. The molecule has 272 valence electrons. The molecule has 0 saturated heterocycles. The van der Waals surface area contributed by atoms with Gasteiger partial charge < -0.3 is 9.13 Å². The summed E-state index contributed by atoms with van der Waals surface area (Å²) in [6.07, 6.45) is 1.97. The van der Waals surface area contributed by atoms with Crippen LogP contribution in [-0.2, 0) is 25.9 Å². The van der Waals surface area contributed by atoms with Crippen LogP contribution < -0.4 is 0 Å². The molecule has 8 rings (SSSR count). The zero-order chi connectivity index (χ0) is 36.6. The van der Waals surface area contributed by atoms with Crippen LogP contribution in [0.4, 0.5) is 0 Å². The minimum absolute atomic E-state index is 0. The van der Waals surface area contributed by atoms with Crippen LogP contribution in [-0.4, -0.2) is 66.2 Å². The lowest BCUT2D eigenvalue weighted by Crippen LogP contribution is -2.43. The summed E-state index contributed by atoms with van der Waals surface area (Å²) in [6.45, 7) is 19.8. The van der Waals surface area contributed by atoms with E-state index >= 15 is 0 Å². The van der Waals surface area contributed by atoms with Gasteiger partial charge >= 0.3 is 0 Å². The molecule has 0 radical (unpaired) electrons. The Bertz CT molecular complexity index is 2300. The summed E-state index contributed by atoms with van der Waals surface area (Å²) in [7, 11) is 0. The van der Waals surface area contributed by atoms with Gasteiger partial charge in [0, 0.05) is 63.2 Å². The molecule has 0 unspecified atom stereocenters. The first kappa shape index (κ1) is 37.5. The molecule has 0 bridgehead atoms. The average molecular weight is 705 g/mol. The van der Waals surface area contributed by atoms with Gasteiger partial charge in [0.1, 0.15) is 11.6 Å². The molecule has 2 aromatic heterocycles. The van der Waals surface area contributed by atoms with Gasteiger partial charge in [0.15, 0.2) is 0 Å². The van der Waals surface area contributed by atoms with E-state index < -0.39 is 0 Å². The van der Waals surface area contributed by atoms with Gasteiger partial charge in [-0.2, -0.15) is 10.5 Å². The second-order valence-corrected chi connectivity index (χ2v) is 16.0. The average Bonchev–Trinajstić information content (AvgIpc) is 3.46. The normalized spacial score (nSPS) is 15.2. The van der Waals surface area contributed by atoms with Crippen molar-refractivity contribution in [1.82, 2.24) is 28.9 Å². The smallest absolute Gasteiger partial charge is 0.111 e. The Morgan fingerprint density at radius 3 is 1.42 bits per heavy atom. The van der Waals surface area contributed by atoms with E-state index in [9.17, 15) is 0 Å². The minimum Gasteiger partial charge on any atom is -0.327 e. The van der Waals surface area contributed by atoms with Crippen molar-refractivity contribution in [2.24, 2.45) is 0 Å². The lowest BCUT2D eigenvalue weighted by molar-refractivity contribution is 0.140. The Balaban J connectivity index is 0.000000178. The number of fused-ring (bicyclic) bond motifs is 6. The number of nitriles is 2. The predicted molar refractivity (Wildman–Crippen MR) is 217 cm³/mol. The Morgan fingerprint density at radius 2 is 0.925 bits per heavy atom. The fourth-order valence-corrected chi connectivity index (χ4v) is 7.54. The molecular weight excluding hydrogens is 653 g/mol. The first-order valence-corrected chi connectivity index (χ1v) is 18.4. The van der Waals surface area contributed by atoms with Crippen LogP contribution in [0.1, 0.15) is 71.7 Å². The standard InChI is InChI=1S/2C22H24N4.CH4/c1-22(2,3)25-11-10-21-24-19-14-18(8-9-20(19)26(21)13-12-25)17-6-4-16(15-23)5-7-17;1-22(2,3)25-11-10-21-24-19-9-8-18(14-20(19)26(21)13-12-25)17-6-4-16(15-23)5-7-17;/h2*4-9,14H,10-13H2,1-3H3;1H4. The third kappa shape index (κ3) is 7.90. The summed E-state index contributed by atoms with van der Waals surface area (Å²) in [6, 6.07) is 32.8. The molecular formula is C45H52N8. The number of rotatable bonds is 2. The van der Waals surface area contributed by atoms with E-state index in [4.69, 9.17) is 20.5 Å². The van der Waals surface area contributed by atoms with Crippen LogP contribution in [0.5, 0.6) is 0 Å². The van der Waals surface area contributed by atoms with E-state index in [1.165, 1.54) is 28.2 Å². The number of imidazole rings is 2. The molecule has 8 nitrogen and oxygen atoms in total. The quantitative estimate of drug-likeness (QED) is 0.179. The molecule has 6 aromatic rings. The molecule has 4 aromatic carbocycles. The maximum atomic E-state index is 8.98. The number of aromatic nitrogens is 4. The van der Waals surface area contributed by atoms with Crippen molar-refractivity contribution in [3.8, 4) is 34.4 Å². The highest BCUT2D eigenvalue weighted by Crippen LogP contribution is 2.29. The molecule has 0 atom stereocenters. The molecule has 0 amide bonds. The third-order valence-electron chi connectivity index (χ3n) is 10.6. The molecule has 0 saturated carbocycles. The number of hydrogen-bond acceptors (Lipinski definition) is 6. The van der Waals surface area contributed by atoms with Gasteiger partial charge in [-0.1, -0.05) is 43.8 Å². The van der Waals surface area contributed by atoms with Gasteiger partial charge in [0.25, 0.3) is 0 Å². The number of benzene rings is 4. The maximum absolute atomic E-state index is 8.98. The lowest BCUT2D eigenvalue weighted by atomic mass is 10.0. The van der Waals surface area contributed by atoms with Gasteiger partial charge in [0.05, 0.1) is 45.3 Å². The van der Waals surface area contributed by atoms with Crippen LogP contribution in [0.2, 0.25) is 0 Å². The van der Waals surface area contributed by atoms with Crippen LogP contribution in [0.15, 0.2) is 84.9 Å². The van der Waals surface area contributed by atoms with Crippen LogP contribution >= 0.6 is 0 Å². The summed E-state index contributed by atoms with van der Waals surface area (Å²) in [4.78, 5) is 14.9. The van der Waals surface area contributed by atoms with Crippen LogP contribution in [0.25, 0.3) is 44.3 Å². The lowest BCUT2D eigenvalue weighted by Gasteiger charge is -2.34. The SMILES string of the molecule is C.CC(C)(C)N1CCc2nc3cc(-c4ccc(C#N)cc4)ccc3n2CC1.CC(C)(C)N1CCc2nc3ccc(-c4ccc(C#N)cc4)cc3n2CC1. The Kier molecular flexibility index (Phi) is 10.6. The largest absolute Gasteiger partial charge is 0.327 e. The molecule has 0 spiro atoms. The highest BCUT2D eigenvalue weighted by Gasteiger charge is 2.26. The van der Waals surface area contributed by atoms with Crippen LogP contribution in [0, 0.1) is 22.7 Å². The molecule has 0 N–H and O–H groups in total. The summed E-state index contributed by atoms with van der Waals surface area (Å²) >= 11 is 0. The highest BCUT2D eigenvalue weighted by atomic mass is 15.2. The second-order valence-electron chi connectivity index (χ2n) is 16.0. The molecule has 0 aliphatic carbocycles. The van der Waals surface area contributed by atoms with E-state index in [1.807, 2.05) is 48.5 Å². The van der Waals surface area contributed by atoms with Gasteiger partial charge in [-0.15, -0.1) is 0 Å². The van der Waals surface area contributed by atoms with E-state index in [0.29, 0.717) is 11.1 Å². The Morgan fingerprint density at radius 1 is 0.491 bits per heavy atom. The van der Waals surface area contributed by atoms with Crippen molar-refractivity contribution < 1.29 is 0 Å². The monoisotopic (exact) mass is 704 g/mol. The molecule has 0 fully saturated rings. The zero-order valence-corrected chi connectivity index (χ0v) is 31.3. The van der Waals surface area contributed by atoms with Crippen LogP contribution in [0.3, 0.4) is 0 Å². The summed E-state index contributed by atoms with van der Waals surface area (Å²) in [5.74, 6) is 2.37. The van der Waals surface area contributed by atoms with E-state index in [1.54, 1.807) is 0 Å². The topological polar surface area (TPSA) is 89.7 Å². The zero-order valence-electron chi connectivity index (χ0n) is 31.3. The maximum Gasteiger partial charge on any atom is 0.111 e. The molecule has 2 aliphatic heterocycles. The number of hydrogen-bond donors (Lipinski definition) is 0. The first-order valence-electron chi connectivity index (χ1n) is 18.4. The van der Waals surface area contributed by atoms with E-state index in [-0.39, 0.29) is 18.5 Å². The van der Waals surface area contributed by atoms with E-state index in [2.05, 4.69) is 109 Å². The van der Waals surface area contributed by atoms with Gasteiger partial charge in [-0.25, -0.2) is 9.97 Å². The van der Waals surface area contributed by atoms with Crippen molar-refractivity contribution in [2.75, 3.05) is 26.2 Å². The molecule has 2 aliphatic rings. The first-order chi connectivity index (χ1) is 24.9.